The number of aromatic nitrogens is 5. The smallest absolute Gasteiger partial charge is 0.406 e. The number of aryl methyl sites for hydroxylation is 1. The minimum Gasteiger partial charge on any atom is -0.406 e. The van der Waals surface area contributed by atoms with Crippen LogP contribution < -0.4 is 4.74 Å². The fourth-order valence-electron chi connectivity index (χ4n) is 3.74. The molecule has 0 saturated heterocycles. The van der Waals surface area contributed by atoms with E-state index in [1.54, 1.807) is 0 Å². The lowest BCUT2D eigenvalue weighted by molar-refractivity contribution is -0.274. The van der Waals surface area contributed by atoms with Gasteiger partial charge < -0.3 is 9.84 Å². The molecule has 36 heavy (non-hydrogen) atoms. The molecular weight excluding hydrogens is 492 g/mol. The van der Waals surface area contributed by atoms with Crippen LogP contribution in [-0.2, 0) is 18.1 Å². The Bertz CT molecular complexity index is 1330. The van der Waals surface area contributed by atoms with Crippen molar-refractivity contribution >= 4 is 0 Å². The first kappa shape index (κ1) is 25.1. The highest BCUT2D eigenvalue weighted by Gasteiger charge is 2.57. The number of nitrogens with zero attached hydrogens (tertiary/aromatic N) is 5. The van der Waals surface area contributed by atoms with E-state index in [9.17, 15) is 22.7 Å². The maximum atomic E-state index is 15.9. The summed E-state index contributed by atoms with van der Waals surface area (Å²) < 4.78 is 87.2. The Labute approximate surface area is 200 Å². The molecule has 4 rings (SSSR count). The van der Waals surface area contributed by atoms with Crippen LogP contribution in [0, 0.1) is 12.7 Å². The number of alkyl halides is 5. The summed E-state index contributed by atoms with van der Waals surface area (Å²) in [5.41, 5.74) is -3.19. The van der Waals surface area contributed by atoms with Gasteiger partial charge in [0.05, 0.1) is 6.54 Å². The zero-order chi connectivity index (χ0) is 26.1. The predicted octanol–water partition coefficient (Wildman–Crippen LogP) is 4.76. The molecule has 0 unspecified atom stereocenters. The first-order chi connectivity index (χ1) is 16.9. The van der Waals surface area contributed by atoms with Crippen LogP contribution in [0.5, 0.6) is 5.75 Å². The summed E-state index contributed by atoms with van der Waals surface area (Å²) in [5, 5.41) is 21.7. The van der Waals surface area contributed by atoms with Crippen molar-refractivity contribution in [3.63, 3.8) is 0 Å². The highest BCUT2D eigenvalue weighted by molar-refractivity contribution is 5.63. The van der Waals surface area contributed by atoms with Crippen LogP contribution >= 0.6 is 0 Å². The molecule has 4 aromatic rings. The Hall–Kier alpha value is -4.00. The van der Waals surface area contributed by atoms with Gasteiger partial charge in [-0.3, -0.25) is 4.98 Å². The maximum absolute atomic E-state index is 15.9. The number of halogens is 6. The fourth-order valence-corrected chi connectivity index (χ4v) is 3.74. The molecule has 188 valence electrons. The fraction of sp³-hybridized carbons (Fsp3) is 0.217. The second-order valence-corrected chi connectivity index (χ2v) is 7.91. The van der Waals surface area contributed by atoms with Crippen LogP contribution in [0.4, 0.5) is 26.3 Å². The van der Waals surface area contributed by atoms with Crippen molar-refractivity contribution in [3.05, 3.63) is 89.8 Å². The lowest BCUT2D eigenvalue weighted by atomic mass is 9.82. The second kappa shape index (κ2) is 9.22. The van der Waals surface area contributed by atoms with Crippen LogP contribution in [0.2, 0.25) is 0 Å². The molecule has 0 spiro atoms. The third kappa shape index (κ3) is 5.00. The van der Waals surface area contributed by atoms with Gasteiger partial charge in [0, 0.05) is 11.8 Å². The molecule has 0 fully saturated rings. The topological polar surface area (TPSA) is 86.0 Å². The summed E-state index contributed by atoms with van der Waals surface area (Å²) in [6, 6.07) is 10.1. The Balaban J connectivity index is 1.69. The number of hydrogen-bond acceptors (Lipinski definition) is 6. The van der Waals surface area contributed by atoms with Gasteiger partial charge in [-0.05, 0) is 64.4 Å². The van der Waals surface area contributed by atoms with Crippen LogP contribution in [0.25, 0.3) is 11.1 Å². The summed E-state index contributed by atoms with van der Waals surface area (Å²) in [7, 11) is 0. The lowest BCUT2D eigenvalue weighted by Crippen LogP contribution is -2.47. The molecule has 13 heteroatoms. The molecule has 1 atom stereocenters. The highest BCUT2D eigenvalue weighted by Crippen LogP contribution is 2.47. The van der Waals surface area contributed by atoms with E-state index >= 15 is 8.78 Å². The predicted molar refractivity (Wildman–Crippen MR) is 113 cm³/mol. The average molecular weight is 509 g/mol. The molecule has 2 aromatic carbocycles. The Morgan fingerprint density at radius 2 is 1.64 bits per heavy atom. The molecule has 0 radical (unpaired) electrons. The van der Waals surface area contributed by atoms with Gasteiger partial charge in [-0.15, -0.1) is 18.3 Å². The largest absolute Gasteiger partial charge is 0.573 e. The Morgan fingerprint density at radius 3 is 2.19 bits per heavy atom. The first-order valence-corrected chi connectivity index (χ1v) is 10.3. The van der Waals surface area contributed by atoms with Crippen molar-refractivity contribution < 1.29 is 36.2 Å². The number of hydrogen-bond donors (Lipinski definition) is 1. The third-order valence-corrected chi connectivity index (χ3v) is 5.44. The van der Waals surface area contributed by atoms with Gasteiger partial charge >= 0.3 is 12.3 Å². The number of tetrazole rings is 1. The van der Waals surface area contributed by atoms with Crippen molar-refractivity contribution in [1.29, 1.82) is 0 Å². The van der Waals surface area contributed by atoms with Crippen LogP contribution in [0.15, 0.2) is 67.1 Å². The van der Waals surface area contributed by atoms with Crippen molar-refractivity contribution in [2.75, 3.05) is 0 Å². The lowest BCUT2D eigenvalue weighted by Gasteiger charge is -2.36. The summed E-state index contributed by atoms with van der Waals surface area (Å²) in [6.07, 6.45) is -2.71. The second-order valence-electron chi connectivity index (χ2n) is 7.91. The molecule has 0 bridgehead atoms. The van der Waals surface area contributed by atoms with E-state index in [0.717, 1.165) is 53.6 Å². The summed E-state index contributed by atoms with van der Waals surface area (Å²) >= 11 is 0. The van der Waals surface area contributed by atoms with Gasteiger partial charge in [0.1, 0.15) is 23.6 Å². The van der Waals surface area contributed by atoms with E-state index in [1.807, 2.05) is 0 Å². The van der Waals surface area contributed by atoms with Gasteiger partial charge in [0.25, 0.3) is 0 Å². The van der Waals surface area contributed by atoms with Crippen molar-refractivity contribution in [1.82, 2.24) is 25.2 Å². The number of ether oxygens (including phenoxy) is 1. The first-order valence-electron chi connectivity index (χ1n) is 10.3. The summed E-state index contributed by atoms with van der Waals surface area (Å²) in [4.78, 5) is 3.82. The SMILES string of the molecule is Cc1cc(F)ccc1[C@](O)(Cn1cnnn1)C(F)(F)c1ccc(-c2ccc(OC(F)(F)F)cc2)cn1. The van der Waals surface area contributed by atoms with E-state index in [4.69, 9.17) is 0 Å². The standard InChI is InChI=1S/C23H17F6N5O2/c1-14-10-17(24)5-8-19(14)21(35,12-34-13-31-32-33-34)22(25,26)20-9-4-16(11-30-20)15-2-6-18(7-3-15)36-23(27,28)29/h2-11,13,35H,12H2,1H3/t21-/m1/s1. The Morgan fingerprint density at radius 1 is 0.944 bits per heavy atom. The number of rotatable bonds is 7. The Kier molecular flexibility index (Phi) is 6.43. The van der Waals surface area contributed by atoms with Gasteiger partial charge in [0.15, 0.2) is 5.60 Å². The molecule has 7 nitrogen and oxygen atoms in total. The summed E-state index contributed by atoms with van der Waals surface area (Å²) in [6.45, 7) is 0.602. The zero-order valence-electron chi connectivity index (χ0n) is 18.4. The van der Waals surface area contributed by atoms with Crippen LogP contribution in [-0.4, -0.2) is 36.7 Å². The highest BCUT2D eigenvalue weighted by atomic mass is 19.4. The molecule has 0 aliphatic rings. The molecule has 1 N–H and O–H groups in total. The molecular formula is C23H17F6N5O2. The van der Waals surface area contributed by atoms with E-state index < -0.39 is 41.7 Å². The normalized spacial score (nSPS) is 13.9. The molecule has 0 aliphatic carbocycles. The quantitative estimate of drug-likeness (QED) is 0.362. The third-order valence-electron chi connectivity index (χ3n) is 5.44. The van der Waals surface area contributed by atoms with Crippen molar-refractivity contribution in [2.24, 2.45) is 0 Å². The zero-order valence-corrected chi connectivity index (χ0v) is 18.4. The molecule has 2 heterocycles. The monoisotopic (exact) mass is 509 g/mol. The van der Waals surface area contributed by atoms with Crippen LogP contribution in [0.1, 0.15) is 16.8 Å². The molecule has 0 amide bonds. The van der Waals surface area contributed by atoms with Gasteiger partial charge in [-0.2, -0.15) is 8.78 Å². The number of benzene rings is 2. The number of pyridine rings is 1. The minimum atomic E-state index is -4.85. The minimum absolute atomic E-state index is 0.0723. The van der Waals surface area contributed by atoms with Gasteiger partial charge in [-0.1, -0.05) is 24.3 Å². The maximum Gasteiger partial charge on any atom is 0.573 e. The van der Waals surface area contributed by atoms with E-state index in [2.05, 4.69) is 25.2 Å². The van der Waals surface area contributed by atoms with Gasteiger partial charge in [-0.25, -0.2) is 9.07 Å². The van der Waals surface area contributed by atoms with E-state index in [0.29, 0.717) is 11.1 Å². The molecule has 2 aromatic heterocycles. The van der Waals surface area contributed by atoms with Crippen LogP contribution in [0.3, 0.4) is 0 Å². The molecule has 0 saturated carbocycles. The van der Waals surface area contributed by atoms with Crippen molar-refractivity contribution in [3.8, 4) is 16.9 Å². The molecule has 0 aliphatic heterocycles. The number of aliphatic hydroxyl groups is 1. The van der Waals surface area contributed by atoms with E-state index in [-0.39, 0.29) is 11.1 Å². The van der Waals surface area contributed by atoms with E-state index in [1.165, 1.54) is 25.1 Å². The summed E-state index contributed by atoms with van der Waals surface area (Å²) in [5.74, 6) is -5.12. The average Bonchev–Trinajstić information content (AvgIpc) is 3.31. The van der Waals surface area contributed by atoms with Gasteiger partial charge in [0.2, 0.25) is 0 Å². The van der Waals surface area contributed by atoms with Crippen molar-refractivity contribution in [2.45, 2.75) is 31.4 Å².